The van der Waals surface area contributed by atoms with Crippen molar-refractivity contribution < 1.29 is 9.59 Å². The Labute approximate surface area is 169 Å². The molecule has 2 amide bonds. The summed E-state index contributed by atoms with van der Waals surface area (Å²) in [5, 5.41) is 2.80. The van der Waals surface area contributed by atoms with Crippen LogP contribution in [0.15, 0.2) is 57.9 Å². The van der Waals surface area contributed by atoms with Crippen molar-refractivity contribution in [3.8, 4) is 0 Å². The highest BCUT2D eigenvalue weighted by molar-refractivity contribution is 9.10. The summed E-state index contributed by atoms with van der Waals surface area (Å²) in [6.45, 7) is 1.85. The van der Waals surface area contributed by atoms with E-state index in [0.29, 0.717) is 14.9 Å². The van der Waals surface area contributed by atoms with Crippen molar-refractivity contribution in [1.29, 1.82) is 0 Å². The van der Waals surface area contributed by atoms with E-state index in [4.69, 9.17) is 12.2 Å². The molecule has 0 spiro atoms. The van der Waals surface area contributed by atoms with Gasteiger partial charge in [0.05, 0.1) is 4.91 Å². The minimum absolute atomic E-state index is 0.103. The molecule has 0 bridgehead atoms. The molecule has 2 aromatic carbocycles. The van der Waals surface area contributed by atoms with Crippen molar-refractivity contribution in [2.45, 2.75) is 6.92 Å². The summed E-state index contributed by atoms with van der Waals surface area (Å²) in [6, 6.07) is 15.1. The lowest BCUT2D eigenvalue weighted by molar-refractivity contribution is -0.126. The van der Waals surface area contributed by atoms with Gasteiger partial charge in [-0.1, -0.05) is 64.2 Å². The Morgan fingerprint density at radius 2 is 2.04 bits per heavy atom. The van der Waals surface area contributed by atoms with E-state index in [1.807, 2.05) is 55.5 Å². The number of rotatable bonds is 4. The molecule has 132 valence electrons. The molecule has 1 N–H and O–H groups in total. The Kier molecular flexibility index (Phi) is 5.90. The van der Waals surface area contributed by atoms with E-state index in [-0.39, 0.29) is 18.4 Å². The van der Waals surface area contributed by atoms with E-state index >= 15 is 0 Å². The third kappa shape index (κ3) is 4.60. The summed E-state index contributed by atoms with van der Waals surface area (Å²) in [5.41, 5.74) is 2.64. The summed E-state index contributed by atoms with van der Waals surface area (Å²) in [6.07, 6.45) is 1.78. The summed E-state index contributed by atoms with van der Waals surface area (Å²) >= 11 is 9.89. The first-order valence-corrected chi connectivity index (χ1v) is 9.81. The second kappa shape index (κ2) is 8.16. The van der Waals surface area contributed by atoms with Gasteiger partial charge in [0.2, 0.25) is 5.91 Å². The smallest absolute Gasteiger partial charge is 0.266 e. The molecule has 1 aliphatic heterocycles. The first kappa shape index (κ1) is 18.8. The number of hydrogen-bond donors (Lipinski definition) is 1. The molecule has 1 fully saturated rings. The quantitative estimate of drug-likeness (QED) is 0.550. The minimum atomic E-state index is -0.282. The van der Waals surface area contributed by atoms with Crippen LogP contribution >= 0.6 is 39.9 Å². The van der Waals surface area contributed by atoms with Crippen LogP contribution in [0.1, 0.15) is 11.1 Å². The van der Waals surface area contributed by atoms with E-state index in [1.54, 1.807) is 6.08 Å². The molecule has 0 aromatic heterocycles. The van der Waals surface area contributed by atoms with Crippen LogP contribution in [0.5, 0.6) is 0 Å². The normalized spacial score (nSPS) is 15.6. The maximum absolute atomic E-state index is 12.6. The zero-order valence-electron chi connectivity index (χ0n) is 13.9. The highest BCUT2D eigenvalue weighted by Crippen LogP contribution is 2.32. The van der Waals surface area contributed by atoms with Crippen molar-refractivity contribution in [2.24, 2.45) is 0 Å². The number of hydrogen-bond acceptors (Lipinski definition) is 4. The average Bonchev–Trinajstić information content (AvgIpc) is 2.82. The average molecular weight is 447 g/mol. The van der Waals surface area contributed by atoms with E-state index in [9.17, 15) is 9.59 Å². The number of carbonyl (C=O) groups excluding carboxylic acids is 2. The largest absolute Gasteiger partial charge is 0.325 e. The molecule has 4 nitrogen and oxygen atoms in total. The molecule has 0 saturated carbocycles. The number of thiocarbonyl (C=S) groups is 1. The van der Waals surface area contributed by atoms with Crippen molar-refractivity contribution in [1.82, 2.24) is 4.90 Å². The van der Waals surface area contributed by atoms with Crippen LogP contribution in [0.3, 0.4) is 0 Å². The fourth-order valence-electron chi connectivity index (χ4n) is 2.45. The SMILES string of the molecule is Cc1cccc(NC(=O)CN2C(=O)C(=Cc3cccc(Br)c3)SC2=S)c1. The molecule has 26 heavy (non-hydrogen) atoms. The summed E-state index contributed by atoms with van der Waals surface area (Å²) in [5.74, 6) is -0.532. The Morgan fingerprint density at radius 1 is 1.27 bits per heavy atom. The third-order valence-corrected chi connectivity index (χ3v) is 5.49. The van der Waals surface area contributed by atoms with Gasteiger partial charge >= 0.3 is 0 Å². The van der Waals surface area contributed by atoms with E-state index in [0.717, 1.165) is 15.6 Å². The first-order valence-electron chi connectivity index (χ1n) is 7.80. The standard InChI is InChI=1S/C19H15BrN2O2S2/c1-12-4-2-7-15(8-12)21-17(23)11-22-18(24)16(26-19(22)25)10-13-5-3-6-14(20)9-13/h2-10H,11H2,1H3,(H,21,23). The molecular formula is C19H15BrN2O2S2. The summed E-state index contributed by atoms with van der Waals surface area (Å²) in [7, 11) is 0. The molecule has 0 aliphatic carbocycles. The monoisotopic (exact) mass is 446 g/mol. The third-order valence-electron chi connectivity index (χ3n) is 3.62. The number of nitrogens with one attached hydrogen (secondary N) is 1. The van der Waals surface area contributed by atoms with Gasteiger partial charge in [-0.25, -0.2) is 0 Å². The second-order valence-electron chi connectivity index (χ2n) is 5.74. The molecule has 3 rings (SSSR count). The van der Waals surface area contributed by atoms with Crippen molar-refractivity contribution in [3.63, 3.8) is 0 Å². The van der Waals surface area contributed by atoms with Gasteiger partial charge in [-0.15, -0.1) is 0 Å². The predicted molar refractivity (Wildman–Crippen MR) is 114 cm³/mol. The van der Waals surface area contributed by atoms with Gasteiger partial charge in [0.1, 0.15) is 10.9 Å². The van der Waals surface area contributed by atoms with E-state index in [2.05, 4.69) is 21.2 Å². The van der Waals surface area contributed by atoms with Crippen LogP contribution in [-0.2, 0) is 9.59 Å². The predicted octanol–water partition coefficient (Wildman–Crippen LogP) is 4.60. The highest BCUT2D eigenvalue weighted by Gasteiger charge is 2.33. The van der Waals surface area contributed by atoms with Gasteiger partial charge in [0, 0.05) is 10.2 Å². The number of aryl methyl sites for hydroxylation is 1. The fourth-order valence-corrected chi connectivity index (χ4v) is 4.12. The minimum Gasteiger partial charge on any atom is -0.325 e. The van der Waals surface area contributed by atoms with Crippen LogP contribution < -0.4 is 5.32 Å². The van der Waals surface area contributed by atoms with Gasteiger partial charge in [-0.05, 0) is 48.4 Å². The Balaban J connectivity index is 1.70. The lowest BCUT2D eigenvalue weighted by Crippen LogP contribution is -2.36. The molecule has 7 heteroatoms. The zero-order chi connectivity index (χ0) is 18.7. The number of amides is 2. The van der Waals surface area contributed by atoms with Crippen LogP contribution in [0, 0.1) is 6.92 Å². The summed E-state index contributed by atoms with van der Waals surface area (Å²) < 4.78 is 1.31. The highest BCUT2D eigenvalue weighted by atomic mass is 79.9. The zero-order valence-corrected chi connectivity index (χ0v) is 17.1. The Morgan fingerprint density at radius 3 is 2.77 bits per heavy atom. The molecular weight excluding hydrogens is 432 g/mol. The molecule has 0 radical (unpaired) electrons. The van der Waals surface area contributed by atoms with Crippen molar-refractivity contribution >= 4 is 67.8 Å². The van der Waals surface area contributed by atoms with Crippen LogP contribution in [0.2, 0.25) is 0 Å². The number of halogens is 1. The Bertz CT molecular complexity index is 927. The van der Waals surface area contributed by atoms with Gasteiger partial charge in [0.15, 0.2) is 0 Å². The second-order valence-corrected chi connectivity index (χ2v) is 8.33. The molecule has 1 aliphatic rings. The van der Waals surface area contributed by atoms with Crippen LogP contribution in [-0.4, -0.2) is 27.6 Å². The van der Waals surface area contributed by atoms with Crippen molar-refractivity contribution in [2.75, 3.05) is 11.9 Å². The number of nitrogens with zero attached hydrogens (tertiary/aromatic N) is 1. The molecule has 2 aromatic rings. The number of thioether (sulfide) groups is 1. The molecule has 0 atom stereocenters. The molecule has 0 unspecified atom stereocenters. The maximum atomic E-state index is 12.6. The lowest BCUT2D eigenvalue weighted by atomic mass is 10.2. The van der Waals surface area contributed by atoms with E-state index in [1.165, 1.54) is 16.7 Å². The van der Waals surface area contributed by atoms with E-state index < -0.39 is 0 Å². The number of benzene rings is 2. The lowest BCUT2D eigenvalue weighted by Gasteiger charge is -2.14. The van der Waals surface area contributed by atoms with Gasteiger partial charge in [-0.2, -0.15) is 0 Å². The molecule has 1 heterocycles. The number of carbonyl (C=O) groups is 2. The fraction of sp³-hybridized carbons (Fsp3) is 0.105. The van der Waals surface area contributed by atoms with Crippen LogP contribution in [0.4, 0.5) is 5.69 Å². The maximum Gasteiger partial charge on any atom is 0.266 e. The van der Waals surface area contributed by atoms with Crippen molar-refractivity contribution in [3.05, 3.63) is 69.0 Å². The van der Waals surface area contributed by atoms with Gasteiger partial charge < -0.3 is 5.32 Å². The van der Waals surface area contributed by atoms with Gasteiger partial charge in [0.25, 0.3) is 5.91 Å². The Hall–Kier alpha value is -1.96. The summed E-state index contributed by atoms with van der Waals surface area (Å²) in [4.78, 5) is 26.7. The topological polar surface area (TPSA) is 49.4 Å². The molecule has 1 saturated heterocycles. The number of anilines is 1. The van der Waals surface area contributed by atoms with Crippen LogP contribution in [0.25, 0.3) is 6.08 Å². The van der Waals surface area contributed by atoms with Gasteiger partial charge in [-0.3, -0.25) is 14.5 Å². The first-order chi connectivity index (χ1) is 12.4.